The summed E-state index contributed by atoms with van der Waals surface area (Å²) in [5.74, 6) is 1.33. The van der Waals surface area contributed by atoms with Crippen LogP contribution in [0.15, 0.2) is 0 Å². The first-order valence-electron chi connectivity index (χ1n) is 21.9. The molecule has 1 heterocycles. The van der Waals surface area contributed by atoms with E-state index in [9.17, 15) is 28.8 Å². The lowest BCUT2D eigenvalue weighted by Gasteiger charge is -2.34. The van der Waals surface area contributed by atoms with Crippen LogP contribution in [0.4, 0.5) is 4.79 Å². The number of carbonyl (C=O) groups excluding carboxylic acids is 6. The van der Waals surface area contributed by atoms with E-state index < -0.39 is 29.1 Å². The fourth-order valence-electron chi connectivity index (χ4n) is 7.69. The summed E-state index contributed by atoms with van der Waals surface area (Å²) in [6.45, 7) is 40.7. The van der Waals surface area contributed by atoms with Crippen molar-refractivity contribution < 1.29 is 28.8 Å². The van der Waals surface area contributed by atoms with Gasteiger partial charge in [0.2, 0.25) is 17.7 Å². The van der Waals surface area contributed by atoms with Gasteiger partial charge in [0.25, 0.3) is 0 Å². The Kier molecular flexibility index (Phi) is 20.6. The first-order valence-corrected chi connectivity index (χ1v) is 21.9. The monoisotopic (exact) mass is 820 g/mol. The zero-order valence-corrected chi connectivity index (χ0v) is 40.8. The molecule has 11 nitrogen and oxygen atoms in total. The predicted octanol–water partition coefficient (Wildman–Crippen LogP) is 9.00. The van der Waals surface area contributed by atoms with Gasteiger partial charge in [0, 0.05) is 40.8 Å². The maximum Gasteiger partial charge on any atom is 0.312 e. The van der Waals surface area contributed by atoms with Crippen LogP contribution in [0.25, 0.3) is 0 Å². The van der Waals surface area contributed by atoms with Crippen LogP contribution in [0.2, 0.25) is 0 Å². The molecule has 5 N–H and O–H groups in total. The topological polar surface area (TPSA) is 168 Å². The third-order valence-corrected chi connectivity index (χ3v) is 10.6. The minimum absolute atomic E-state index is 0.0139. The summed E-state index contributed by atoms with van der Waals surface area (Å²) in [4.78, 5) is 73.9. The van der Waals surface area contributed by atoms with E-state index in [2.05, 4.69) is 57.5 Å². The number of imide groups is 1. The number of nitrogens with zero attached hydrogens (tertiary/aromatic N) is 1. The molecule has 1 aliphatic heterocycles. The van der Waals surface area contributed by atoms with Crippen molar-refractivity contribution >= 4 is 35.3 Å². The number of hydrogen-bond donors (Lipinski definition) is 4. The van der Waals surface area contributed by atoms with Crippen molar-refractivity contribution in [2.24, 2.45) is 51.1 Å². The van der Waals surface area contributed by atoms with E-state index in [-0.39, 0.29) is 51.7 Å². The van der Waals surface area contributed by atoms with Crippen LogP contribution in [0.5, 0.6) is 0 Å². The fourth-order valence-corrected chi connectivity index (χ4v) is 7.69. The van der Waals surface area contributed by atoms with Crippen LogP contribution >= 0.6 is 0 Å². The number of nitrogens with one attached hydrogen (secondary N) is 3. The molecule has 2 rings (SSSR count). The van der Waals surface area contributed by atoms with Crippen molar-refractivity contribution in [2.75, 3.05) is 6.54 Å². The zero-order valence-electron chi connectivity index (χ0n) is 40.8. The van der Waals surface area contributed by atoms with E-state index in [1.165, 1.54) is 24.2 Å². The summed E-state index contributed by atoms with van der Waals surface area (Å²) in [6, 6.07) is -1.59. The largest absolute Gasteiger partial charge is 0.352 e. The van der Waals surface area contributed by atoms with Gasteiger partial charge in [0.1, 0.15) is 5.78 Å². The molecule has 0 aromatic carbocycles. The van der Waals surface area contributed by atoms with Crippen molar-refractivity contribution in [1.82, 2.24) is 20.9 Å². The summed E-state index contributed by atoms with van der Waals surface area (Å²) in [5, 5.41) is 8.75. The highest BCUT2D eigenvalue weighted by Gasteiger charge is 2.48. The van der Waals surface area contributed by atoms with Crippen LogP contribution < -0.4 is 21.7 Å². The maximum absolute atomic E-state index is 12.8. The van der Waals surface area contributed by atoms with Crippen molar-refractivity contribution in [2.45, 2.75) is 213 Å². The zero-order chi connectivity index (χ0) is 46.0. The maximum atomic E-state index is 12.8. The third-order valence-electron chi connectivity index (χ3n) is 10.6. The highest BCUT2D eigenvalue weighted by molar-refractivity contribution is 6.04. The van der Waals surface area contributed by atoms with E-state index in [0.29, 0.717) is 42.9 Å². The lowest BCUT2D eigenvalue weighted by Crippen LogP contribution is -2.57. The van der Waals surface area contributed by atoms with Gasteiger partial charge >= 0.3 is 6.03 Å². The van der Waals surface area contributed by atoms with Crippen molar-refractivity contribution in [1.29, 1.82) is 0 Å². The van der Waals surface area contributed by atoms with Gasteiger partial charge in [-0.3, -0.25) is 28.9 Å². The highest BCUT2D eigenvalue weighted by Crippen LogP contribution is 2.39. The Morgan fingerprint density at radius 1 is 0.759 bits per heavy atom. The Morgan fingerprint density at radius 3 is 1.59 bits per heavy atom. The Hall–Kier alpha value is -2.82. The number of primary amides is 1. The first-order chi connectivity index (χ1) is 25.8. The molecule has 0 aromatic rings. The summed E-state index contributed by atoms with van der Waals surface area (Å²) in [5.41, 5.74) is 4.02. The second-order valence-electron chi connectivity index (χ2n) is 23.7. The van der Waals surface area contributed by atoms with E-state index >= 15 is 0 Å². The molecule has 1 unspecified atom stereocenters. The molecule has 3 atom stereocenters. The average Bonchev–Trinajstić information content (AvgIpc) is 3.33. The van der Waals surface area contributed by atoms with E-state index in [1.807, 2.05) is 96.9 Å². The smallest absolute Gasteiger partial charge is 0.312 e. The van der Waals surface area contributed by atoms with Gasteiger partial charge in [0.15, 0.2) is 5.78 Å². The van der Waals surface area contributed by atoms with Gasteiger partial charge in [-0.05, 0) is 109 Å². The highest BCUT2D eigenvalue weighted by atomic mass is 16.2. The first kappa shape index (κ1) is 55.2. The molecule has 1 saturated carbocycles. The number of ketones is 2. The number of carbonyl (C=O) groups is 6. The van der Waals surface area contributed by atoms with Crippen molar-refractivity contribution in [3.05, 3.63) is 0 Å². The second-order valence-corrected chi connectivity index (χ2v) is 23.7. The van der Waals surface area contributed by atoms with Crippen LogP contribution in [0.3, 0.4) is 0 Å². The van der Waals surface area contributed by atoms with E-state index in [1.54, 1.807) is 0 Å². The summed E-state index contributed by atoms with van der Waals surface area (Å²) in [7, 11) is 0. The normalized spacial score (nSPS) is 20.6. The van der Waals surface area contributed by atoms with Crippen molar-refractivity contribution in [3.63, 3.8) is 0 Å². The molecule has 1 saturated heterocycles. The molecule has 0 spiro atoms. The summed E-state index contributed by atoms with van der Waals surface area (Å²) < 4.78 is 0. The number of Topliss-reactive ketones (excluding diaryl/α,β-unsaturated/α-hetero) is 2. The molecule has 338 valence electrons. The van der Waals surface area contributed by atoms with Gasteiger partial charge in [-0.15, -0.1) is 0 Å². The van der Waals surface area contributed by atoms with E-state index in [4.69, 9.17) is 5.73 Å². The molecule has 2 fully saturated rings. The molecule has 11 heteroatoms. The molecule has 2 aliphatic rings. The quantitative estimate of drug-likeness (QED) is 0.119. The molecular weight excluding hydrogens is 731 g/mol. The Bertz CT molecular complexity index is 1370. The van der Waals surface area contributed by atoms with Gasteiger partial charge < -0.3 is 21.7 Å². The minimum atomic E-state index is -0.597. The number of hydrogen-bond acceptors (Lipinski definition) is 7. The van der Waals surface area contributed by atoms with Crippen LogP contribution in [-0.2, 0) is 24.0 Å². The molecule has 0 radical (unpaired) electrons. The van der Waals surface area contributed by atoms with Crippen LogP contribution in [0, 0.1) is 45.3 Å². The number of rotatable bonds is 11. The van der Waals surface area contributed by atoms with Crippen molar-refractivity contribution in [3.8, 4) is 0 Å². The van der Waals surface area contributed by atoms with Gasteiger partial charge in [-0.2, -0.15) is 0 Å². The van der Waals surface area contributed by atoms with Crippen LogP contribution in [0.1, 0.15) is 190 Å². The SMILES string of the molecule is CC(C)(C)C1CC(=O)N(C(C)(C)C)C1=O.CC(C)(C)CC1CCC(C(=O)C(C)(C)C)CC1.CC(C)[C@H](NC(C)(C)C)C(=O)N[C@@H](CCCNC(N)=O)C(=O)C(C)(C)C. The molecule has 58 heavy (non-hydrogen) atoms. The lowest BCUT2D eigenvalue weighted by molar-refractivity contribution is -0.145. The molecule has 0 bridgehead atoms. The van der Waals surface area contributed by atoms with E-state index in [0.717, 1.165) is 18.8 Å². The second kappa shape index (κ2) is 21.6. The molecule has 5 amide bonds. The number of urea groups is 1. The summed E-state index contributed by atoms with van der Waals surface area (Å²) >= 11 is 0. The Balaban J connectivity index is 0.000000880. The third kappa shape index (κ3) is 20.4. The van der Waals surface area contributed by atoms with Gasteiger partial charge in [-0.25, -0.2) is 4.79 Å². The Labute approximate surface area is 354 Å². The van der Waals surface area contributed by atoms with Gasteiger partial charge in [0.05, 0.1) is 18.0 Å². The van der Waals surface area contributed by atoms with Crippen LogP contribution in [-0.4, -0.2) is 69.9 Å². The number of likely N-dealkylation sites (tertiary alicyclic amines) is 1. The number of amides is 5. The average molecular weight is 820 g/mol. The Morgan fingerprint density at radius 2 is 1.26 bits per heavy atom. The molecular formula is C47H89N5O6. The molecule has 0 aromatic heterocycles. The standard InChI is InChI=1S/C19H38N4O3.C16H30O.C12H21NO2/c1-12(2)14(23-19(6,7)8)16(25)22-13(15(24)18(3,4)5)10-9-11-21-17(20)26;1-15(2,3)11-12-7-9-13(10-8-12)14(17)16(4,5)6;1-11(2,3)8-7-9(14)13(10(8)15)12(4,5)6/h12-14,23H,9-11H2,1-8H3,(H,22,25)(H3,20,21,26);12-13H,7-11H2,1-6H3;8H,7H2,1-6H3/t13-,14-;;/m0../s1. The minimum Gasteiger partial charge on any atom is -0.352 e. The summed E-state index contributed by atoms with van der Waals surface area (Å²) in [6.07, 6.45) is 7.42. The lowest BCUT2D eigenvalue weighted by atomic mass is 9.70. The predicted molar refractivity (Wildman–Crippen MR) is 238 cm³/mol. The number of nitrogens with two attached hydrogens (primary N) is 1. The fraction of sp³-hybridized carbons (Fsp3) is 0.872. The van der Waals surface area contributed by atoms with Gasteiger partial charge in [-0.1, -0.05) is 96.9 Å². The molecule has 1 aliphatic carbocycles.